The maximum atomic E-state index is 14.5. The van der Waals surface area contributed by atoms with E-state index in [2.05, 4.69) is 47.5 Å². The summed E-state index contributed by atoms with van der Waals surface area (Å²) in [5.41, 5.74) is 18.8. The monoisotopic (exact) mass is 1170 g/mol. The average Bonchev–Trinajstić information content (AvgIpc) is 4.13. The number of aromatic hydroxyl groups is 1. The SMILES string of the molecule is CC(C)[C@H](NC(=O)[C@H](CCC(=O)O)NC(=O)[C@H](CCC(N)=O)NC(=O)[C@H](Cc1c[nH]c2ccccc12)NC(=O)[C@H](CCC(=O)O)NC(=O)[C@@H](N)Cc1ccc(O)cc1)C(=O)N[C@@H](CCC(=O)O)C(=O)N[C@@H](CCCCN)C(=O)NCC(=O)O. The minimum atomic E-state index is -1.81. The van der Waals surface area contributed by atoms with Crippen LogP contribution < -0.4 is 59.7 Å². The molecule has 0 fully saturated rings. The van der Waals surface area contributed by atoms with Crippen molar-refractivity contribution in [3.8, 4) is 5.75 Å². The number of carboxylic acids is 4. The number of benzene rings is 2. The highest BCUT2D eigenvalue weighted by molar-refractivity contribution is 5.99. The Morgan fingerprint density at radius 2 is 0.952 bits per heavy atom. The van der Waals surface area contributed by atoms with Crippen LogP contribution in [0.4, 0.5) is 0 Å². The predicted octanol–water partition coefficient (Wildman–Crippen LogP) is -2.77. The third-order valence-electron chi connectivity index (χ3n) is 12.9. The number of unbranched alkanes of at least 4 members (excludes halogenated alkanes) is 1. The average molecular weight is 1170 g/mol. The second-order valence-electron chi connectivity index (χ2n) is 19.8. The lowest BCUT2D eigenvalue weighted by Gasteiger charge is -2.29. The smallest absolute Gasteiger partial charge is 0.322 e. The number of hydrogen-bond donors (Lipinski definition) is 17. The molecule has 2 aromatic carbocycles. The minimum Gasteiger partial charge on any atom is -0.508 e. The number of aromatic amines is 1. The molecule has 30 heteroatoms. The second kappa shape index (κ2) is 34.2. The highest BCUT2D eigenvalue weighted by Gasteiger charge is 2.36. The molecule has 0 saturated heterocycles. The van der Waals surface area contributed by atoms with Gasteiger partial charge in [0.2, 0.25) is 53.2 Å². The number of carbonyl (C=O) groups is 13. The molecular formula is C53H74N12O18. The van der Waals surface area contributed by atoms with Crippen molar-refractivity contribution in [1.29, 1.82) is 0 Å². The third kappa shape index (κ3) is 24.2. The quantitative estimate of drug-likeness (QED) is 0.0258. The third-order valence-corrected chi connectivity index (χ3v) is 12.9. The molecule has 0 spiro atoms. The van der Waals surface area contributed by atoms with E-state index in [0.29, 0.717) is 34.9 Å². The Hall–Kier alpha value is -9.19. The van der Waals surface area contributed by atoms with Crippen LogP contribution in [0.25, 0.3) is 10.9 Å². The molecule has 8 atom stereocenters. The number of aliphatic carboxylic acids is 4. The molecule has 1 aromatic heterocycles. The first-order chi connectivity index (χ1) is 39.2. The molecule has 3 aromatic rings. The Morgan fingerprint density at radius 3 is 1.43 bits per heavy atom. The molecule has 30 nitrogen and oxygen atoms in total. The zero-order valence-electron chi connectivity index (χ0n) is 45.8. The molecule has 0 aliphatic heterocycles. The Labute approximate surface area is 475 Å². The molecule has 0 unspecified atom stereocenters. The number of nitrogens with one attached hydrogen (secondary N) is 9. The normalized spacial score (nSPS) is 13.9. The molecule has 0 bridgehead atoms. The molecule has 3 rings (SSSR count). The first-order valence-electron chi connectivity index (χ1n) is 26.5. The number of amides is 9. The van der Waals surface area contributed by atoms with E-state index in [1.807, 2.05) is 0 Å². The van der Waals surface area contributed by atoms with Crippen LogP contribution in [-0.2, 0) is 75.2 Å². The summed E-state index contributed by atoms with van der Waals surface area (Å²) in [7, 11) is 0. The van der Waals surface area contributed by atoms with Gasteiger partial charge in [0.05, 0.1) is 6.04 Å². The molecule has 1 heterocycles. The van der Waals surface area contributed by atoms with Crippen molar-refractivity contribution in [3.05, 3.63) is 65.9 Å². The van der Waals surface area contributed by atoms with Gasteiger partial charge in [-0.2, -0.15) is 0 Å². The summed E-state index contributed by atoms with van der Waals surface area (Å²) in [6.45, 7) is 2.33. The van der Waals surface area contributed by atoms with E-state index in [0.717, 1.165) is 0 Å². The van der Waals surface area contributed by atoms with Gasteiger partial charge in [-0.25, -0.2) is 0 Å². The van der Waals surface area contributed by atoms with Crippen LogP contribution in [0.2, 0.25) is 0 Å². The van der Waals surface area contributed by atoms with Crippen molar-refractivity contribution >= 4 is 87.9 Å². The van der Waals surface area contributed by atoms with E-state index >= 15 is 0 Å². The van der Waals surface area contributed by atoms with Crippen molar-refractivity contribution in [2.75, 3.05) is 13.1 Å². The van der Waals surface area contributed by atoms with Gasteiger partial charge in [-0.3, -0.25) is 62.3 Å². The fourth-order valence-electron chi connectivity index (χ4n) is 8.34. The number of aromatic nitrogens is 1. The van der Waals surface area contributed by atoms with Gasteiger partial charge < -0.3 is 90.3 Å². The highest BCUT2D eigenvalue weighted by atomic mass is 16.4. The first kappa shape index (κ1) is 68.1. The van der Waals surface area contributed by atoms with Crippen molar-refractivity contribution in [1.82, 2.24) is 47.5 Å². The summed E-state index contributed by atoms with van der Waals surface area (Å²) in [6, 6.07) is -0.129. The number of carboxylic acid groups (broad SMARTS) is 4. The highest BCUT2D eigenvalue weighted by Crippen LogP contribution is 2.20. The molecular weight excluding hydrogens is 1090 g/mol. The lowest BCUT2D eigenvalue weighted by atomic mass is 10.00. The summed E-state index contributed by atoms with van der Waals surface area (Å²) in [6.07, 6.45) is -3.05. The predicted molar refractivity (Wildman–Crippen MR) is 293 cm³/mol. The number of fused-ring (bicyclic) bond motifs is 1. The van der Waals surface area contributed by atoms with Crippen LogP contribution >= 0.6 is 0 Å². The molecule has 0 aliphatic rings. The molecule has 83 heavy (non-hydrogen) atoms. The number of hydrogen-bond acceptors (Lipinski definition) is 16. The molecule has 0 aliphatic carbocycles. The zero-order chi connectivity index (χ0) is 61.9. The fraction of sp³-hybridized carbons (Fsp3) is 0.491. The van der Waals surface area contributed by atoms with Gasteiger partial charge in [0, 0.05) is 49.2 Å². The van der Waals surface area contributed by atoms with Crippen LogP contribution in [0.15, 0.2) is 54.7 Å². The number of primary amides is 1. The molecule has 0 radical (unpaired) electrons. The summed E-state index contributed by atoms with van der Waals surface area (Å²) in [5, 5.41) is 67.1. The van der Waals surface area contributed by atoms with E-state index in [-0.39, 0.29) is 31.6 Å². The Bertz CT molecular complexity index is 2790. The summed E-state index contributed by atoms with van der Waals surface area (Å²) >= 11 is 0. The number of phenols is 1. The van der Waals surface area contributed by atoms with Crippen molar-refractivity contribution < 1.29 is 87.9 Å². The standard InChI is InChI=1S/C53H74N12O18/c1-27(2)45(53(83)63-37(16-20-42(70)71)49(79)60-34(9-5-6-22-54)47(77)58-26-44(74)75)65-51(81)38(17-21-43(72)73)61-48(78)35(14-18-40(56)67)62-52(82)39(24-29-25-57-33-8-4-3-7-31(29)33)64-50(80)36(15-19-41(68)69)59-46(76)32(55)23-28-10-12-30(66)13-11-28/h3-4,7-8,10-13,25,27,32,34-39,45,57,66H,5-6,9,14-24,26,54-55H2,1-2H3,(H2,56,67)(H,58,77)(H,59,76)(H,60,79)(H,61,78)(H,62,82)(H,63,83)(H,64,80)(H,65,81)(H,68,69)(H,70,71)(H,72,73)(H,74,75)/t32-,34-,35-,36-,37-,38-,39-,45-/m0/s1. The van der Waals surface area contributed by atoms with Crippen LogP contribution in [-0.4, -0.2) is 169 Å². The van der Waals surface area contributed by atoms with Gasteiger partial charge in [0.25, 0.3) is 0 Å². The van der Waals surface area contributed by atoms with Crippen LogP contribution in [0.1, 0.15) is 95.6 Å². The summed E-state index contributed by atoms with van der Waals surface area (Å²) in [5.74, 6) is -15.8. The summed E-state index contributed by atoms with van der Waals surface area (Å²) < 4.78 is 0. The van der Waals surface area contributed by atoms with Crippen LogP contribution in [0.3, 0.4) is 0 Å². The Kier molecular flexibility index (Phi) is 28.0. The molecule has 454 valence electrons. The van der Waals surface area contributed by atoms with Gasteiger partial charge in [0.15, 0.2) is 0 Å². The zero-order valence-corrected chi connectivity index (χ0v) is 45.8. The minimum absolute atomic E-state index is 0.0317. The van der Waals surface area contributed by atoms with E-state index in [9.17, 15) is 82.8 Å². The van der Waals surface area contributed by atoms with E-state index in [4.69, 9.17) is 22.3 Å². The van der Waals surface area contributed by atoms with Gasteiger partial charge in [-0.05, 0) is 93.2 Å². The molecule has 20 N–H and O–H groups in total. The first-order valence-corrected chi connectivity index (χ1v) is 26.5. The summed E-state index contributed by atoms with van der Waals surface area (Å²) in [4.78, 5) is 173. The van der Waals surface area contributed by atoms with Crippen molar-refractivity contribution in [2.45, 2.75) is 146 Å². The van der Waals surface area contributed by atoms with Crippen molar-refractivity contribution in [3.63, 3.8) is 0 Å². The van der Waals surface area contributed by atoms with E-state index < -0.39 is 189 Å². The van der Waals surface area contributed by atoms with Crippen LogP contribution in [0, 0.1) is 5.92 Å². The number of para-hydroxylation sites is 1. The van der Waals surface area contributed by atoms with E-state index in [1.165, 1.54) is 44.3 Å². The lowest BCUT2D eigenvalue weighted by Crippen LogP contribution is -2.61. The molecule has 0 saturated carbocycles. The number of nitrogens with two attached hydrogens (primary N) is 3. The van der Waals surface area contributed by atoms with Gasteiger partial charge >= 0.3 is 23.9 Å². The topological polar surface area (TPSA) is 513 Å². The van der Waals surface area contributed by atoms with Gasteiger partial charge in [-0.15, -0.1) is 0 Å². The Balaban J connectivity index is 1.96. The van der Waals surface area contributed by atoms with Gasteiger partial charge in [0.1, 0.15) is 54.6 Å². The maximum Gasteiger partial charge on any atom is 0.322 e. The van der Waals surface area contributed by atoms with Crippen LogP contribution in [0.5, 0.6) is 5.75 Å². The maximum absolute atomic E-state index is 14.5. The largest absolute Gasteiger partial charge is 0.508 e. The number of carbonyl (C=O) groups excluding carboxylic acids is 9. The molecule has 9 amide bonds. The fourth-order valence-corrected chi connectivity index (χ4v) is 8.34. The Morgan fingerprint density at radius 1 is 0.506 bits per heavy atom. The number of phenolic OH excluding ortho intramolecular Hbond substituents is 1. The van der Waals surface area contributed by atoms with Gasteiger partial charge in [-0.1, -0.05) is 44.2 Å². The van der Waals surface area contributed by atoms with Crippen molar-refractivity contribution in [2.24, 2.45) is 23.1 Å². The van der Waals surface area contributed by atoms with E-state index in [1.54, 1.807) is 24.3 Å². The second-order valence-corrected chi connectivity index (χ2v) is 19.8. The number of H-pyrrole nitrogens is 1. The lowest BCUT2D eigenvalue weighted by molar-refractivity contribution is -0.140. The number of rotatable bonds is 38.